The molecule has 0 atom stereocenters. The van der Waals surface area contributed by atoms with Crippen LogP contribution in [-0.4, -0.2) is 35.4 Å². The maximum absolute atomic E-state index is 12.3. The van der Waals surface area contributed by atoms with Crippen molar-refractivity contribution < 1.29 is 14.3 Å². The number of amides is 1. The number of ether oxygens (including phenoxy) is 2. The van der Waals surface area contributed by atoms with Gasteiger partial charge in [0.15, 0.2) is 0 Å². The van der Waals surface area contributed by atoms with E-state index < -0.39 is 0 Å². The van der Waals surface area contributed by atoms with E-state index >= 15 is 0 Å². The summed E-state index contributed by atoms with van der Waals surface area (Å²) in [5, 5.41) is 0.846. The normalized spacial score (nSPS) is 15.3. The van der Waals surface area contributed by atoms with Gasteiger partial charge in [-0.2, -0.15) is 0 Å². The van der Waals surface area contributed by atoms with Crippen LogP contribution in [0.5, 0.6) is 11.5 Å². The lowest BCUT2D eigenvalue weighted by Gasteiger charge is -2.13. The second kappa shape index (κ2) is 9.85. The zero-order valence-electron chi connectivity index (χ0n) is 15.9. The molecule has 1 amide bonds. The van der Waals surface area contributed by atoms with Crippen LogP contribution in [0.15, 0.2) is 41.3 Å². The van der Waals surface area contributed by atoms with Crippen LogP contribution in [0.2, 0.25) is 10.0 Å². The Labute approximate surface area is 189 Å². The first-order valence-corrected chi connectivity index (χ1v) is 10.9. The summed E-state index contributed by atoms with van der Waals surface area (Å²) >= 11 is 18.9. The van der Waals surface area contributed by atoms with E-state index in [4.69, 9.17) is 44.9 Å². The zero-order valence-corrected chi connectivity index (χ0v) is 19.1. The van der Waals surface area contributed by atoms with E-state index in [1.54, 1.807) is 25.3 Å². The fourth-order valence-corrected chi connectivity index (χ4v) is 4.39. The molecule has 2 aromatic carbocycles. The lowest BCUT2D eigenvalue weighted by Crippen LogP contribution is -2.22. The third-order valence-electron chi connectivity index (χ3n) is 4.10. The lowest BCUT2D eigenvalue weighted by atomic mass is 10.1. The molecular formula is C21H19Cl2NO3S2. The van der Waals surface area contributed by atoms with Gasteiger partial charge >= 0.3 is 0 Å². The third-order valence-corrected chi connectivity index (χ3v) is 6.09. The van der Waals surface area contributed by atoms with E-state index in [0.29, 0.717) is 50.2 Å². The van der Waals surface area contributed by atoms with E-state index in [-0.39, 0.29) is 5.91 Å². The fourth-order valence-electron chi connectivity index (χ4n) is 2.65. The summed E-state index contributed by atoms with van der Waals surface area (Å²) in [7, 11) is 1.65. The van der Waals surface area contributed by atoms with Crippen molar-refractivity contribution in [3.63, 3.8) is 0 Å². The summed E-state index contributed by atoms with van der Waals surface area (Å²) < 4.78 is 12.1. The van der Waals surface area contributed by atoms with Gasteiger partial charge in [-0.1, -0.05) is 59.3 Å². The van der Waals surface area contributed by atoms with Crippen molar-refractivity contribution in [2.75, 3.05) is 20.3 Å². The Morgan fingerprint density at radius 1 is 1.17 bits per heavy atom. The summed E-state index contributed by atoms with van der Waals surface area (Å²) in [4.78, 5) is 14.2. The molecule has 0 saturated carbocycles. The summed E-state index contributed by atoms with van der Waals surface area (Å²) in [5.74, 6) is 1.15. The monoisotopic (exact) mass is 467 g/mol. The molecule has 1 fully saturated rings. The smallest absolute Gasteiger partial charge is 0.265 e. The average molecular weight is 468 g/mol. The number of thioether (sulfide) groups is 1. The molecule has 2 aromatic rings. The van der Waals surface area contributed by atoms with Gasteiger partial charge in [-0.05, 0) is 42.8 Å². The molecule has 0 aromatic heterocycles. The minimum absolute atomic E-state index is 0.159. The van der Waals surface area contributed by atoms with Gasteiger partial charge in [0.25, 0.3) is 5.91 Å². The van der Waals surface area contributed by atoms with E-state index in [9.17, 15) is 4.79 Å². The number of halogens is 2. The number of carbonyl (C=O) groups excluding carboxylic acids is 1. The number of aryl methyl sites for hydroxylation is 1. The molecule has 0 spiro atoms. The Balaban J connectivity index is 1.66. The van der Waals surface area contributed by atoms with Crippen LogP contribution in [0.4, 0.5) is 0 Å². The first-order chi connectivity index (χ1) is 13.8. The lowest BCUT2D eigenvalue weighted by molar-refractivity contribution is -0.121. The summed E-state index contributed by atoms with van der Waals surface area (Å²) in [6.45, 7) is 2.94. The molecule has 3 rings (SSSR count). The molecule has 29 heavy (non-hydrogen) atoms. The molecule has 4 nitrogen and oxygen atoms in total. The van der Waals surface area contributed by atoms with Crippen molar-refractivity contribution >= 4 is 63.5 Å². The van der Waals surface area contributed by atoms with Gasteiger partial charge in [0.05, 0.1) is 23.1 Å². The molecule has 1 heterocycles. The zero-order chi connectivity index (χ0) is 21.0. The van der Waals surface area contributed by atoms with Crippen LogP contribution in [0.1, 0.15) is 17.5 Å². The van der Waals surface area contributed by atoms with Crippen molar-refractivity contribution in [2.24, 2.45) is 0 Å². The van der Waals surface area contributed by atoms with E-state index in [2.05, 4.69) is 0 Å². The predicted octanol–water partition coefficient (Wildman–Crippen LogP) is 5.98. The summed E-state index contributed by atoms with van der Waals surface area (Å²) in [6.07, 6.45) is 2.38. The Kier molecular flexibility index (Phi) is 7.46. The standard InChI is InChI=1S/C21H19Cl2NO3S2/c1-13-5-3-6-16(9-13)26-7-4-8-27-19-14(10-15(22)12-17(19)23)11-18-20(25)24(2)21(28)29-18/h3,5-6,9-12H,4,7-8H2,1-2H3/b18-11-. The minimum Gasteiger partial charge on any atom is -0.493 e. The number of rotatable bonds is 7. The number of hydrogen-bond donors (Lipinski definition) is 0. The topological polar surface area (TPSA) is 38.8 Å². The molecule has 0 N–H and O–H groups in total. The number of carbonyl (C=O) groups is 1. The van der Waals surface area contributed by atoms with Crippen molar-refractivity contribution in [1.29, 1.82) is 0 Å². The Morgan fingerprint density at radius 3 is 2.62 bits per heavy atom. The predicted molar refractivity (Wildman–Crippen MR) is 124 cm³/mol. The number of thiocarbonyl (C=S) groups is 1. The molecule has 0 bridgehead atoms. The van der Waals surface area contributed by atoms with Gasteiger partial charge in [0.2, 0.25) is 0 Å². The average Bonchev–Trinajstić information content (AvgIpc) is 2.90. The van der Waals surface area contributed by atoms with Crippen LogP contribution in [0.3, 0.4) is 0 Å². The second-order valence-corrected chi connectivity index (χ2v) is 8.93. The van der Waals surface area contributed by atoms with Crippen LogP contribution in [0.25, 0.3) is 6.08 Å². The van der Waals surface area contributed by atoms with Crippen molar-refractivity contribution in [1.82, 2.24) is 4.90 Å². The Bertz CT molecular complexity index is 978. The van der Waals surface area contributed by atoms with Crippen LogP contribution < -0.4 is 9.47 Å². The van der Waals surface area contributed by atoms with Crippen molar-refractivity contribution in [2.45, 2.75) is 13.3 Å². The van der Waals surface area contributed by atoms with Gasteiger partial charge in [0, 0.05) is 24.1 Å². The highest BCUT2D eigenvalue weighted by Crippen LogP contribution is 2.37. The van der Waals surface area contributed by atoms with Crippen molar-refractivity contribution in [3.8, 4) is 11.5 Å². The summed E-state index contributed by atoms with van der Waals surface area (Å²) in [5.41, 5.74) is 1.78. The van der Waals surface area contributed by atoms with Gasteiger partial charge in [-0.3, -0.25) is 9.69 Å². The van der Waals surface area contributed by atoms with Gasteiger partial charge < -0.3 is 9.47 Å². The second-order valence-electron chi connectivity index (χ2n) is 6.41. The van der Waals surface area contributed by atoms with Crippen LogP contribution in [0, 0.1) is 6.92 Å². The van der Waals surface area contributed by atoms with Gasteiger partial charge in [-0.15, -0.1) is 0 Å². The summed E-state index contributed by atoms with van der Waals surface area (Å²) in [6, 6.07) is 11.2. The first-order valence-electron chi connectivity index (χ1n) is 8.88. The number of nitrogens with zero attached hydrogens (tertiary/aromatic N) is 1. The largest absolute Gasteiger partial charge is 0.493 e. The molecule has 0 unspecified atom stereocenters. The Hall–Kier alpha value is -1.73. The molecule has 1 aliphatic rings. The highest BCUT2D eigenvalue weighted by atomic mass is 35.5. The fraction of sp³-hybridized carbons (Fsp3) is 0.238. The maximum Gasteiger partial charge on any atom is 0.265 e. The molecule has 152 valence electrons. The highest BCUT2D eigenvalue weighted by Gasteiger charge is 2.29. The molecular weight excluding hydrogens is 449 g/mol. The molecule has 1 saturated heterocycles. The molecule has 0 radical (unpaired) electrons. The Morgan fingerprint density at radius 2 is 1.93 bits per heavy atom. The number of hydrogen-bond acceptors (Lipinski definition) is 5. The molecule has 8 heteroatoms. The SMILES string of the molecule is Cc1cccc(OCCCOc2c(Cl)cc(Cl)cc2/C=C2\SC(=S)N(C)C2=O)c1. The quantitative estimate of drug-likeness (QED) is 0.284. The van der Waals surface area contributed by atoms with E-state index in [0.717, 1.165) is 11.3 Å². The number of benzene rings is 2. The molecule has 0 aliphatic carbocycles. The van der Waals surface area contributed by atoms with Crippen LogP contribution >= 0.6 is 47.2 Å². The van der Waals surface area contributed by atoms with Crippen LogP contribution in [-0.2, 0) is 4.79 Å². The highest BCUT2D eigenvalue weighted by molar-refractivity contribution is 8.26. The first kappa shape index (κ1) is 22.0. The number of likely N-dealkylation sites (N-methyl/N-ethyl adjacent to an activating group) is 1. The van der Waals surface area contributed by atoms with Gasteiger partial charge in [0.1, 0.15) is 15.8 Å². The minimum atomic E-state index is -0.159. The van der Waals surface area contributed by atoms with Crippen molar-refractivity contribution in [3.05, 3.63) is 62.5 Å². The van der Waals surface area contributed by atoms with Gasteiger partial charge in [-0.25, -0.2) is 0 Å². The molecule has 1 aliphatic heterocycles. The van der Waals surface area contributed by atoms with E-state index in [1.807, 2.05) is 31.2 Å². The third kappa shape index (κ3) is 5.66. The maximum atomic E-state index is 12.3. The van der Waals surface area contributed by atoms with E-state index in [1.165, 1.54) is 16.7 Å².